The Hall–Kier alpha value is -1.83. The van der Waals surface area contributed by atoms with Gasteiger partial charge in [-0.3, -0.25) is 9.48 Å². The molecule has 4 nitrogen and oxygen atoms in total. The molecule has 0 aliphatic carbocycles. The van der Waals surface area contributed by atoms with Crippen LogP contribution in [-0.2, 0) is 6.18 Å². The minimum absolute atomic E-state index is 0.0682. The highest BCUT2D eigenvalue weighted by Gasteiger charge is 2.34. The molecular formula is C14H11BrF3N3O. The van der Waals surface area contributed by atoms with Gasteiger partial charge in [-0.1, -0.05) is 0 Å². The van der Waals surface area contributed by atoms with E-state index in [-0.39, 0.29) is 11.9 Å². The van der Waals surface area contributed by atoms with E-state index in [0.717, 1.165) is 12.1 Å². The summed E-state index contributed by atoms with van der Waals surface area (Å²) in [6.45, 7) is 2.25. The molecule has 1 aromatic carbocycles. The third-order valence-corrected chi connectivity index (χ3v) is 4.15. The fraction of sp³-hybridized carbons (Fsp3) is 0.286. The summed E-state index contributed by atoms with van der Waals surface area (Å²) in [5.74, 6) is -0.290. The topological polar surface area (TPSA) is 38.1 Å². The first-order valence-corrected chi connectivity index (χ1v) is 7.30. The standard InChI is InChI=1S/C14H11BrF3N3O/c1-8-7-20(13(22)12-11(15)6-19-21(8)12)10-4-2-9(3-5-10)14(16,17)18/h2-6,8H,7H2,1H3/t8-/m0/s1. The van der Waals surface area contributed by atoms with E-state index in [1.807, 2.05) is 6.92 Å². The molecule has 0 bridgehead atoms. The molecule has 22 heavy (non-hydrogen) atoms. The predicted molar refractivity (Wildman–Crippen MR) is 77.8 cm³/mol. The van der Waals surface area contributed by atoms with E-state index in [0.29, 0.717) is 22.4 Å². The van der Waals surface area contributed by atoms with E-state index in [1.54, 1.807) is 10.9 Å². The van der Waals surface area contributed by atoms with Crippen LogP contribution in [0.3, 0.4) is 0 Å². The van der Waals surface area contributed by atoms with E-state index in [1.165, 1.54) is 17.0 Å². The van der Waals surface area contributed by atoms with Gasteiger partial charge in [0.25, 0.3) is 5.91 Å². The number of carbonyl (C=O) groups excluding carboxylic acids is 1. The van der Waals surface area contributed by atoms with Crippen molar-refractivity contribution in [3.8, 4) is 0 Å². The van der Waals surface area contributed by atoms with Crippen LogP contribution in [0.5, 0.6) is 0 Å². The van der Waals surface area contributed by atoms with Crippen molar-refractivity contribution in [1.29, 1.82) is 0 Å². The lowest BCUT2D eigenvalue weighted by molar-refractivity contribution is -0.137. The first-order valence-electron chi connectivity index (χ1n) is 6.51. The van der Waals surface area contributed by atoms with Crippen LogP contribution in [0.4, 0.5) is 18.9 Å². The van der Waals surface area contributed by atoms with Crippen molar-refractivity contribution in [2.45, 2.75) is 19.1 Å². The number of benzene rings is 1. The highest BCUT2D eigenvalue weighted by Crippen LogP contribution is 2.33. The van der Waals surface area contributed by atoms with E-state index in [9.17, 15) is 18.0 Å². The van der Waals surface area contributed by atoms with Crippen molar-refractivity contribution < 1.29 is 18.0 Å². The zero-order chi connectivity index (χ0) is 16.1. The van der Waals surface area contributed by atoms with Gasteiger partial charge >= 0.3 is 6.18 Å². The smallest absolute Gasteiger partial charge is 0.305 e. The second-order valence-electron chi connectivity index (χ2n) is 5.10. The van der Waals surface area contributed by atoms with Crippen molar-refractivity contribution in [2.75, 3.05) is 11.4 Å². The molecule has 2 aromatic rings. The molecule has 0 fully saturated rings. The maximum Gasteiger partial charge on any atom is 0.416 e. The van der Waals surface area contributed by atoms with Crippen molar-refractivity contribution in [1.82, 2.24) is 9.78 Å². The SMILES string of the molecule is C[C@H]1CN(c2ccc(C(F)(F)F)cc2)C(=O)c2c(Br)cnn21. The summed E-state index contributed by atoms with van der Waals surface area (Å²) >= 11 is 3.28. The lowest BCUT2D eigenvalue weighted by Gasteiger charge is -2.32. The number of alkyl halides is 3. The van der Waals surface area contributed by atoms with Gasteiger partial charge in [-0.05, 0) is 47.1 Å². The molecule has 1 atom stereocenters. The molecule has 0 unspecified atom stereocenters. The van der Waals surface area contributed by atoms with Crippen molar-refractivity contribution in [2.24, 2.45) is 0 Å². The fourth-order valence-electron chi connectivity index (χ4n) is 2.48. The molecule has 1 aromatic heterocycles. The molecule has 0 N–H and O–H groups in total. The molecule has 0 spiro atoms. The molecule has 3 rings (SSSR count). The summed E-state index contributed by atoms with van der Waals surface area (Å²) in [6, 6.07) is 4.52. The van der Waals surface area contributed by atoms with Crippen LogP contribution in [0.1, 0.15) is 29.0 Å². The largest absolute Gasteiger partial charge is 0.416 e. The van der Waals surface area contributed by atoms with E-state index in [2.05, 4.69) is 21.0 Å². The summed E-state index contributed by atoms with van der Waals surface area (Å²) in [4.78, 5) is 14.0. The minimum Gasteiger partial charge on any atom is -0.305 e. The van der Waals surface area contributed by atoms with Crippen LogP contribution in [0.2, 0.25) is 0 Å². The molecule has 0 saturated heterocycles. The predicted octanol–water partition coefficient (Wildman–Crippen LogP) is 3.89. The van der Waals surface area contributed by atoms with E-state index < -0.39 is 11.7 Å². The average Bonchev–Trinajstić information content (AvgIpc) is 2.85. The first kappa shape index (κ1) is 15.1. The Kier molecular flexibility index (Phi) is 3.51. The number of carbonyl (C=O) groups is 1. The van der Waals surface area contributed by atoms with Crippen LogP contribution < -0.4 is 4.90 Å². The minimum atomic E-state index is -4.39. The normalized spacial score (nSPS) is 18.5. The molecule has 0 radical (unpaired) electrons. The van der Waals surface area contributed by atoms with E-state index >= 15 is 0 Å². The molecule has 8 heteroatoms. The van der Waals surface area contributed by atoms with Gasteiger partial charge in [0.1, 0.15) is 5.69 Å². The van der Waals surface area contributed by atoms with Gasteiger partial charge in [0.05, 0.1) is 22.3 Å². The fourth-order valence-corrected chi connectivity index (χ4v) is 2.92. The second-order valence-corrected chi connectivity index (χ2v) is 5.95. The Labute approximate surface area is 132 Å². The Balaban J connectivity index is 1.96. The molecule has 1 aliphatic heterocycles. The second kappa shape index (κ2) is 5.12. The molecule has 0 saturated carbocycles. The van der Waals surface area contributed by atoms with Crippen LogP contribution in [0.25, 0.3) is 0 Å². The highest BCUT2D eigenvalue weighted by molar-refractivity contribution is 9.10. The molecule has 116 valence electrons. The molecule has 1 aliphatic rings. The van der Waals surface area contributed by atoms with Gasteiger partial charge in [-0.25, -0.2) is 0 Å². The van der Waals surface area contributed by atoms with Crippen LogP contribution in [0.15, 0.2) is 34.9 Å². The lowest BCUT2D eigenvalue weighted by atomic mass is 10.1. The first-order chi connectivity index (χ1) is 10.3. The van der Waals surface area contributed by atoms with Crippen LogP contribution in [-0.4, -0.2) is 22.2 Å². The number of halogens is 4. The number of anilines is 1. The van der Waals surface area contributed by atoms with Crippen LogP contribution >= 0.6 is 15.9 Å². The Morgan fingerprint density at radius 3 is 2.50 bits per heavy atom. The maximum absolute atomic E-state index is 12.6. The van der Waals surface area contributed by atoms with Gasteiger partial charge in [0, 0.05) is 12.2 Å². The average molecular weight is 374 g/mol. The number of hydrogen-bond acceptors (Lipinski definition) is 2. The zero-order valence-corrected chi connectivity index (χ0v) is 13.0. The van der Waals surface area contributed by atoms with Crippen LogP contribution in [0, 0.1) is 0 Å². The Morgan fingerprint density at radius 2 is 1.91 bits per heavy atom. The van der Waals surface area contributed by atoms with Gasteiger partial charge in [0.2, 0.25) is 0 Å². The lowest BCUT2D eigenvalue weighted by Crippen LogP contribution is -2.42. The number of rotatable bonds is 1. The van der Waals surface area contributed by atoms with Crippen molar-refractivity contribution >= 4 is 27.5 Å². The monoisotopic (exact) mass is 373 g/mol. The third kappa shape index (κ3) is 2.41. The molecule has 1 amide bonds. The van der Waals surface area contributed by atoms with Crippen molar-refractivity contribution in [3.63, 3.8) is 0 Å². The summed E-state index contributed by atoms with van der Waals surface area (Å²) < 4.78 is 40.0. The molecular weight excluding hydrogens is 363 g/mol. The van der Waals surface area contributed by atoms with Gasteiger partial charge < -0.3 is 4.90 Å². The zero-order valence-electron chi connectivity index (χ0n) is 11.4. The number of hydrogen-bond donors (Lipinski definition) is 0. The summed E-state index contributed by atoms with van der Waals surface area (Å²) in [5.41, 5.74) is 0.0998. The van der Waals surface area contributed by atoms with Gasteiger partial charge in [-0.15, -0.1) is 0 Å². The van der Waals surface area contributed by atoms with Crippen molar-refractivity contribution in [3.05, 3.63) is 46.2 Å². The van der Waals surface area contributed by atoms with Gasteiger partial charge in [0.15, 0.2) is 0 Å². The van der Waals surface area contributed by atoms with E-state index in [4.69, 9.17) is 0 Å². The summed E-state index contributed by atoms with van der Waals surface area (Å²) in [6.07, 6.45) is -2.85. The molecule has 2 heterocycles. The maximum atomic E-state index is 12.6. The number of nitrogens with zero attached hydrogens (tertiary/aromatic N) is 3. The van der Waals surface area contributed by atoms with Gasteiger partial charge in [-0.2, -0.15) is 18.3 Å². The third-order valence-electron chi connectivity index (χ3n) is 3.57. The summed E-state index contributed by atoms with van der Waals surface area (Å²) in [5, 5.41) is 4.14. The number of amides is 1. The Bertz CT molecular complexity index is 724. The quantitative estimate of drug-likeness (QED) is 0.760. The number of aromatic nitrogens is 2. The highest BCUT2D eigenvalue weighted by atomic mass is 79.9. The Morgan fingerprint density at radius 1 is 1.27 bits per heavy atom. The summed E-state index contributed by atoms with van der Waals surface area (Å²) in [7, 11) is 0. The number of fused-ring (bicyclic) bond motifs is 1.